The average Bonchev–Trinajstić information content (AvgIpc) is 2.82. The standard InChI is InChI=1S/C13H19BO3S/c1-12(2)13(3,4)17-14(16-12)11(8-15)7-10-5-6-18-9-10/h5-7,9,15H,8H2,1-4H3. The Hall–Kier alpha value is -0.615. The van der Waals surface area contributed by atoms with Gasteiger partial charge in [0.2, 0.25) is 0 Å². The molecule has 98 valence electrons. The fourth-order valence-electron chi connectivity index (χ4n) is 1.75. The molecule has 5 heteroatoms. The van der Waals surface area contributed by atoms with Crippen molar-refractivity contribution in [3.63, 3.8) is 0 Å². The highest BCUT2D eigenvalue weighted by atomic mass is 32.1. The van der Waals surface area contributed by atoms with Crippen LogP contribution >= 0.6 is 11.3 Å². The largest absolute Gasteiger partial charge is 0.492 e. The van der Waals surface area contributed by atoms with Gasteiger partial charge >= 0.3 is 7.12 Å². The Balaban J connectivity index is 2.22. The number of hydrogen-bond acceptors (Lipinski definition) is 4. The van der Waals surface area contributed by atoms with Crippen LogP contribution in [0.5, 0.6) is 0 Å². The SMILES string of the molecule is CC1(C)OB(C(=Cc2ccsc2)CO)OC1(C)C. The molecule has 1 aromatic heterocycles. The summed E-state index contributed by atoms with van der Waals surface area (Å²) in [4.78, 5) is 0. The molecule has 1 aliphatic rings. The van der Waals surface area contributed by atoms with Gasteiger partial charge in [-0.05, 0) is 55.6 Å². The van der Waals surface area contributed by atoms with E-state index in [1.54, 1.807) is 11.3 Å². The molecule has 1 fully saturated rings. The monoisotopic (exact) mass is 266 g/mol. The third kappa shape index (κ3) is 2.54. The molecule has 0 amide bonds. The predicted octanol–water partition coefficient (Wildman–Crippen LogP) is 2.76. The number of aliphatic hydroxyl groups is 1. The topological polar surface area (TPSA) is 38.7 Å². The molecule has 1 aliphatic heterocycles. The maximum atomic E-state index is 9.50. The first-order valence-corrected chi connectivity index (χ1v) is 6.99. The minimum atomic E-state index is -0.472. The van der Waals surface area contributed by atoms with Gasteiger partial charge in [0.25, 0.3) is 0 Å². The van der Waals surface area contributed by atoms with Gasteiger partial charge in [0, 0.05) is 0 Å². The van der Waals surface area contributed by atoms with E-state index in [1.807, 2.05) is 50.6 Å². The molecule has 3 nitrogen and oxygen atoms in total. The van der Waals surface area contributed by atoms with E-state index in [-0.39, 0.29) is 17.8 Å². The Morgan fingerprint density at radius 2 is 1.94 bits per heavy atom. The van der Waals surface area contributed by atoms with E-state index in [4.69, 9.17) is 9.31 Å². The van der Waals surface area contributed by atoms with Crippen LogP contribution < -0.4 is 0 Å². The highest BCUT2D eigenvalue weighted by molar-refractivity contribution is 7.08. The number of rotatable bonds is 3. The molecule has 1 saturated heterocycles. The van der Waals surface area contributed by atoms with Gasteiger partial charge in [-0.3, -0.25) is 0 Å². The zero-order chi connectivity index (χ0) is 13.4. The van der Waals surface area contributed by atoms with Crippen LogP contribution in [0.2, 0.25) is 0 Å². The van der Waals surface area contributed by atoms with Crippen LogP contribution in [0.1, 0.15) is 33.3 Å². The lowest BCUT2D eigenvalue weighted by Gasteiger charge is -2.32. The molecule has 2 heterocycles. The lowest BCUT2D eigenvalue weighted by Crippen LogP contribution is -2.41. The fourth-order valence-corrected chi connectivity index (χ4v) is 2.37. The zero-order valence-electron chi connectivity index (χ0n) is 11.3. The molecule has 1 aromatic rings. The van der Waals surface area contributed by atoms with Gasteiger partial charge in [-0.25, -0.2) is 0 Å². The van der Waals surface area contributed by atoms with Crippen molar-refractivity contribution >= 4 is 24.5 Å². The van der Waals surface area contributed by atoms with E-state index in [1.165, 1.54) is 0 Å². The smallest absolute Gasteiger partial charge is 0.400 e. The van der Waals surface area contributed by atoms with Crippen molar-refractivity contribution in [2.75, 3.05) is 6.61 Å². The third-order valence-electron chi connectivity index (χ3n) is 3.63. The second-order valence-electron chi connectivity index (χ2n) is 5.52. The quantitative estimate of drug-likeness (QED) is 0.855. The van der Waals surface area contributed by atoms with Crippen LogP contribution in [-0.2, 0) is 9.31 Å². The molecule has 0 saturated carbocycles. The summed E-state index contributed by atoms with van der Waals surface area (Å²) in [5, 5.41) is 13.5. The van der Waals surface area contributed by atoms with Crippen LogP contribution in [0.25, 0.3) is 6.08 Å². The van der Waals surface area contributed by atoms with Crippen molar-refractivity contribution < 1.29 is 14.4 Å². The lowest BCUT2D eigenvalue weighted by molar-refractivity contribution is 0.00578. The minimum Gasteiger partial charge on any atom is -0.400 e. The third-order valence-corrected chi connectivity index (χ3v) is 4.34. The normalized spacial score (nSPS) is 22.5. The average molecular weight is 266 g/mol. The van der Waals surface area contributed by atoms with E-state index >= 15 is 0 Å². The summed E-state index contributed by atoms with van der Waals surface area (Å²) in [6, 6.07) is 2.01. The van der Waals surface area contributed by atoms with Crippen LogP contribution in [0.15, 0.2) is 22.3 Å². The van der Waals surface area contributed by atoms with Crippen molar-refractivity contribution in [2.24, 2.45) is 0 Å². The van der Waals surface area contributed by atoms with Crippen molar-refractivity contribution in [1.82, 2.24) is 0 Å². The van der Waals surface area contributed by atoms with E-state index in [0.717, 1.165) is 11.0 Å². The first-order chi connectivity index (χ1) is 8.36. The van der Waals surface area contributed by atoms with Crippen molar-refractivity contribution in [3.8, 4) is 0 Å². The summed E-state index contributed by atoms with van der Waals surface area (Å²) in [5.41, 5.74) is 1.08. The lowest BCUT2D eigenvalue weighted by atomic mass is 9.78. The molecular formula is C13H19BO3S. The molecule has 18 heavy (non-hydrogen) atoms. The molecule has 0 aromatic carbocycles. The van der Waals surface area contributed by atoms with Crippen molar-refractivity contribution in [3.05, 3.63) is 27.9 Å². The predicted molar refractivity (Wildman–Crippen MR) is 75.5 cm³/mol. The second kappa shape index (κ2) is 4.81. The molecule has 0 spiro atoms. The van der Waals surface area contributed by atoms with Crippen LogP contribution in [0.3, 0.4) is 0 Å². The maximum Gasteiger partial charge on any atom is 0.492 e. The molecule has 0 unspecified atom stereocenters. The Morgan fingerprint density at radius 1 is 1.33 bits per heavy atom. The first kappa shape index (κ1) is 13.8. The Morgan fingerprint density at radius 3 is 2.39 bits per heavy atom. The summed E-state index contributed by atoms with van der Waals surface area (Å²) in [5.74, 6) is 0. The maximum absolute atomic E-state index is 9.50. The van der Waals surface area contributed by atoms with Gasteiger partial charge in [0.15, 0.2) is 0 Å². The van der Waals surface area contributed by atoms with Gasteiger partial charge in [-0.15, -0.1) is 0 Å². The molecule has 0 bridgehead atoms. The van der Waals surface area contributed by atoms with Gasteiger partial charge in [0.1, 0.15) is 0 Å². The Labute approximate surface area is 113 Å². The number of aliphatic hydroxyl groups excluding tert-OH is 1. The van der Waals surface area contributed by atoms with E-state index in [2.05, 4.69) is 0 Å². The van der Waals surface area contributed by atoms with E-state index in [0.29, 0.717) is 0 Å². The fraction of sp³-hybridized carbons (Fsp3) is 0.538. The van der Waals surface area contributed by atoms with E-state index < -0.39 is 7.12 Å². The van der Waals surface area contributed by atoms with Crippen molar-refractivity contribution in [2.45, 2.75) is 38.9 Å². The Bertz CT molecular complexity index is 421. The molecule has 2 rings (SSSR count). The molecule has 0 radical (unpaired) electrons. The summed E-state index contributed by atoms with van der Waals surface area (Å²) in [6.45, 7) is 7.96. The number of thiophene rings is 1. The summed E-state index contributed by atoms with van der Waals surface area (Å²) >= 11 is 1.63. The first-order valence-electron chi connectivity index (χ1n) is 6.05. The van der Waals surface area contributed by atoms with Crippen LogP contribution in [-0.4, -0.2) is 30.0 Å². The molecule has 1 N–H and O–H groups in total. The summed E-state index contributed by atoms with van der Waals surface area (Å²) in [7, 11) is -0.472. The van der Waals surface area contributed by atoms with E-state index in [9.17, 15) is 5.11 Å². The van der Waals surface area contributed by atoms with Crippen LogP contribution in [0.4, 0.5) is 0 Å². The van der Waals surface area contributed by atoms with Crippen LogP contribution in [0, 0.1) is 0 Å². The highest BCUT2D eigenvalue weighted by Gasteiger charge is 2.52. The van der Waals surface area contributed by atoms with Gasteiger partial charge in [-0.1, -0.05) is 6.08 Å². The second-order valence-corrected chi connectivity index (χ2v) is 6.30. The molecule has 0 atom stereocenters. The highest BCUT2D eigenvalue weighted by Crippen LogP contribution is 2.38. The van der Waals surface area contributed by atoms with Gasteiger partial charge in [-0.2, -0.15) is 11.3 Å². The van der Waals surface area contributed by atoms with Gasteiger partial charge < -0.3 is 14.4 Å². The van der Waals surface area contributed by atoms with Gasteiger partial charge in [0.05, 0.1) is 17.8 Å². The minimum absolute atomic E-state index is 0.0628. The zero-order valence-corrected chi connectivity index (χ0v) is 12.1. The van der Waals surface area contributed by atoms with Crippen molar-refractivity contribution in [1.29, 1.82) is 0 Å². The molecular weight excluding hydrogens is 247 g/mol. The Kier molecular flexibility index (Phi) is 3.69. The summed E-state index contributed by atoms with van der Waals surface area (Å²) in [6.07, 6.45) is 1.93. The molecule has 0 aliphatic carbocycles. The summed E-state index contributed by atoms with van der Waals surface area (Å²) < 4.78 is 11.8. The number of hydrogen-bond donors (Lipinski definition) is 1.